The van der Waals surface area contributed by atoms with Gasteiger partial charge in [0, 0.05) is 19.2 Å². The van der Waals surface area contributed by atoms with Gasteiger partial charge in [-0.25, -0.2) is 13.4 Å². The summed E-state index contributed by atoms with van der Waals surface area (Å²) < 4.78 is 22.6. The summed E-state index contributed by atoms with van der Waals surface area (Å²) in [6, 6.07) is 1.04. The van der Waals surface area contributed by atoms with Gasteiger partial charge in [0.25, 0.3) is 11.6 Å². The van der Waals surface area contributed by atoms with Gasteiger partial charge in [-0.2, -0.15) is 0 Å². The molecule has 1 fully saturated rings. The lowest BCUT2D eigenvalue weighted by atomic mass is 10.2. The highest BCUT2D eigenvalue weighted by Gasteiger charge is 2.28. The van der Waals surface area contributed by atoms with Gasteiger partial charge in [-0.3, -0.25) is 14.9 Å². The van der Waals surface area contributed by atoms with Crippen molar-refractivity contribution in [2.45, 2.75) is 0 Å². The van der Waals surface area contributed by atoms with Crippen LogP contribution in [0.5, 0.6) is 0 Å². The molecule has 8 nitrogen and oxygen atoms in total. The first-order chi connectivity index (χ1) is 9.30. The van der Waals surface area contributed by atoms with Crippen LogP contribution in [0.2, 0.25) is 5.15 Å². The fourth-order valence-electron chi connectivity index (χ4n) is 1.77. The van der Waals surface area contributed by atoms with Gasteiger partial charge in [-0.15, -0.1) is 0 Å². The van der Waals surface area contributed by atoms with Crippen LogP contribution in [0.15, 0.2) is 12.3 Å². The Kier molecular flexibility index (Phi) is 3.91. The molecule has 0 radical (unpaired) electrons. The standard InChI is InChI=1S/C10H10ClN3O5S/c11-9-8(5-7(6-12-9)14(16)17)10(15)13-1-3-20(18,19)4-2-13/h5-6H,1-4H2. The number of nitro groups is 1. The van der Waals surface area contributed by atoms with E-state index in [1.54, 1.807) is 0 Å². The second kappa shape index (κ2) is 5.33. The molecule has 1 amide bonds. The number of aromatic nitrogens is 1. The van der Waals surface area contributed by atoms with Crippen molar-refractivity contribution in [1.82, 2.24) is 9.88 Å². The highest BCUT2D eigenvalue weighted by atomic mass is 35.5. The predicted molar refractivity (Wildman–Crippen MR) is 70.5 cm³/mol. The van der Waals surface area contributed by atoms with Gasteiger partial charge in [0.2, 0.25) is 0 Å². The summed E-state index contributed by atoms with van der Waals surface area (Å²) in [6.45, 7) is 0.0837. The smallest absolute Gasteiger partial charge is 0.288 e. The van der Waals surface area contributed by atoms with E-state index < -0.39 is 20.7 Å². The van der Waals surface area contributed by atoms with Crippen LogP contribution in [-0.4, -0.2) is 53.7 Å². The minimum Gasteiger partial charge on any atom is -0.337 e. The van der Waals surface area contributed by atoms with Crippen molar-refractivity contribution in [2.24, 2.45) is 0 Å². The molecule has 0 N–H and O–H groups in total. The van der Waals surface area contributed by atoms with E-state index in [0.29, 0.717) is 0 Å². The van der Waals surface area contributed by atoms with E-state index in [-0.39, 0.29) is 41.0 Å². The van der Waals surface area contributed by atoms with Crippen LogP contribution in [0.3, 0.4) is 0 Å². The summed E-state index contributed by atoms with van der Waals surface area (Å²) in [5.74, 6) is -0.807. The van der Waals surface area contributed by atoms with Crippen molar-refractivity contribution in [3.8, 4) is 0 Å². The van der Waals surface area contributed by atoms with Crippen molar-refractivity contribution < 1.29 is 18.1 Å². The Labute approximate surface area is 119 Å². The molecule has 0 atom stereocenters. The van der Waals surface area contributed by atoms with Crippen molar-refractivity contribution in [1.29, 1.82) is 0 Å². The number of carbonyl (C=O) groups is 1. The number of halogens is 1. The van der Waals surface area contributed by atoms with E-state index in [9.17, 15) is 23.3 Å². The number of hydrogen-bond donors (Lipinski definition) is 0. The van der Waals surface area contributed by atoms with E-state index >= 15 is 0 Å². The Morgan fingerprint density at radius 1 is 1.40 bits per heavy atom. The largest absolute Gasteiger partial charge is 0.337 e. The van der Waals surface area contributed by atoms with Crippen molar-refractivity contribution >= 4 is 33.0 Å². The molecule has 2 heterocycles. The number of amides is 1. The Balaban J connectivity index is 2.25. The molecule has 20 heavy (non-hydrogen) atoms. The molecule has 0 saturated carbocycles. The summed E-state index contributed by atoms with van der Waals surface area (Å²) in [4.78, 5) is 27.1. The number of pyridine rings is 1. The third kappa shape index (κ3) is 3.05. The van der Waals surface area contributed by atoms with Crippen LogP contribution in [0.25, 0.3) is 0 Å². The summed E-state index contributed by atoms with van der Waals surface area (Å²) in [5, 5.41) is 10.5. The van der Waals surface area contributed by atoms with Crippen molar-refractivity contribution in [2.75, 3.05) is 24.6 Å². The number of nitrogens with zero attached hydrogens (tertiary/aromatic N) is 3. The van der Waals surface area contributed by atoms with Gasteiger partial charge < -0.3 is 4.90 Å². The number of sulfone groups is 1. The predicted octanol–water partition coefficient (Wildman–Crippen LogP) is 0.514. The first-order valence-corrected chi connectivity index (χ1v) is 7.80. The normalized spacial score (nSPS) is 17.8. The molecule has 0 aliphatic carbocycles. The highest BCUT2D eigenvalue weighted by Crippen LogP contribution is 2.21. The molecule has 2 rings (SSSR count). The minimum absolute atomic E-state index is 0.0419. The highest BCUT2D eigenvalue weighted by molar-refractivity contribution is 7.91. The first kappa shape index (κ1) is 14.7. The van der Waals surface area contributed by atoms with E-state index in [1.165, 1.54) is 4.90 Å². The summed E-state index contributed by atoms with van der Waals surface area (Å²) >= 11 is 5.77. The van der Waals surface area contributed by atoms with Gasteiger partial charge in [-0.05, 0) is 0 Å². The molecular formula is C10H10ClN3O5S. The Morgan fingerprint density at radius 2 is 2.00 bits per heavy atom. The van der Waals surface area contributed by atoms with Gasteiger partial charge in [-0.1, -0.05) is 11.6 Å². The molecule has 10 heteroatoms. The topological polar surface area (TPSA) is 110 Å². The first-order valence-electron chi connectivity index (χ1n) is 5.60. The number of rotatable bonds is 2. The fraction of sp³-hybridized carbons (Fsp3) is 0.400. The molecule has 0 spiro atoms. The maximum Gasteiger partial charge on any atom is 0.288 e. The molecule has 1 saturated heterocycles. The average molecular weight is 320 g/mol. The maximum atomic E-state index is 12.2. The van der Waals surface area contributed by atoms with Crippen LogP contribution in [-0.2, 0) is 9.84 Å². The Hall–Kier alpha value is -1.74. The maximum absolute atomic E-state index is 12.2. The molecule has 1 aliphatic heterocycles. The van der Waals surface area contributed by atoms with Gasteiger partial charge in [0.05, 0.1) is 22.0 Å². The molecule has 108 valence electrons. The SMILES string of the molecule is O=C(c1cc([N+](=O)[O-])cnc1Cl)N1CCS(=O)(=O)CC1. The zero-order chi connectivity index (χ0) is 14.9. The summed E-state index contributed by atoms with van der Waals surface area (Å²) in [5.41, 5.74) is -0.442. The molecule has 0 bridgehead atoms. The van der Waals surface area contributed by atoms with Crippen LogP contribution in [0.4, 0.5) is 5.69 Å². The lowest BCUT2D eigenvalue weighted by Gasteiger charge is -2.26. The molecule has 1 aromatic rings. The molecule has 1 aromatic heterocycles. The lowest BCUT2D eigenvalue weighted by Crippen LogP contribution is -2.43. The van der Waals surface area contributed by atoms with Gasteiger partial charge >= 0.3 is 0 Å². The summed E-state index contributed by atoms with van der Waals surface area (Å²) in [7, 11) is -3.11. The zero-order valence-electron chi connectivity index (χ0n) is 10.2. The molecular weight excluding hydrogens is 310 g/mol. The second-order valence-corrected chi connectivity index (χ2v) is 6.89. The van der Waals surface area contributed by atoms with Gasteiger partial charge in [0.1, 0.15) is 11.3 Å². The van der Waals surface area contributed by atoms with E-state index in [0.717, 1.165) is 12.3 Å². The molecule has 1 aliphatic rings. The van der Waals surface area contributed by atoms with E-state index in [1.807, 2.05) is 0 Å². The van der Waals surface area contributed by atoms with Gasteiger partial charge in [0.15, 0.2) is 9.84 Å². The average Bonchev–Trinajstić information content (AvgIpc) is 2.38. The zero-order valence-corrected chi connectivity index (χ0v) is 11.7. The van der Waals surface area contributed by atoms with Crippen LogP contribution < -0.4 is 0 Å². The van der Waals surface area contributed by atoms with E-state index in [4.69, 9.17) is 11.6 Å². The Bertz CT molecular complexity index is 661. The lowest BCUT2D eigenvalue weighted by molar-refractivity contribution is -0.385. The minimum atomic E-state index is -3.11. The van der Waals surface area contributed by atoms with Crippen molar-refractivity contribution in [3.05, 3.63) is 33.1 Å². The summed E-state index contributed by atoms with van der Waals surface area (Å²) in [6.07, 6.45) is 0.958. The number of carbonyl (C=O) groups excluding carboxylic acids is 1. The van der Waals surface area contributed by atoms with E-state index in [2.05, 4.69) is 4.98 Å². The molecule has 0 unspecified atom stereocenters. The third-order valence-electron chi connectivity index (χ3n) is 2.90. The van der Waals surface area contributed by atoms with Crippen LogP contribution in [0.1, 0.15) is 10.4 Å². The Morgan fingerprint density at radius 3 is 2.55 bits per heavy atom. The molecule has 0 aromatic carbocycles. The number of hydrogen-bond acceptors (Lipinski definition) is 6. The van der Waals surface area contributed by atoms with Crippen LogP contribution in [0, 0.1) is 10.1 Å². The fourth-order valence-corrected chi connectivity index (χ4v) is 3.16. The monoisotopic (exact) mass is 319 g/mol. The quantitative estimate of drug-likeness (QED) is 0.446. The van der Waals surface area contributed by atoms with Crippen LogP contribution >= 0.6 is 11.6 Å². The third-order valence-corrected chi connectivity index (χ3v) is 4.81. The second-order valence-electron chi connectivity index (χ2n) is 4.23. The van der Waals surface area contributed by atoms with Crippen molar-refractivity contribution in [3.63, 3.8) is 0 Å².